The topological polar surface area (TPSA) is 82.0 Å². The highest BCUT2D eigenvalue weighted by Crippen LogP contribution is 2.21. The fraction of sp³-hybridized carbons (Fsp3) is 0.364. The van der Waals surface area contributed by atoms with Crippen molar-refractivity contribution in [2.24, 2.45) is 0 Å². The molecule has 0 spiro atoms. The van der Waals surface area contributed by atoms with Crippen LogP contribution < -0.4 is 10.6 Å². The highest BCUT2D eigenvalue weighted by molar-refractivity contribution is 7.12. The first-order valence-electron chi connectivity index (χ1n) is 5.06. The van der Waals surface area contributed by atoms with Crippen LogP contribution in [0.15, 0.2) is 12.1 Å². The predicted molar refractivity (Wildman–Crippen MR) is 64.2 cm³/mol. The monoisotopic (exact) mass is 251 g/mol. The van der Waals surface area contributed by atoms with Gasteiger partial charge in [0.05, 0.1) is 12.1 Å². The Kier molecular flexibility index (Phi) is 4.67. The van der Waals surface area contributed by atoms with Gasteiger partial charge in [0, 0.05) is 9.75 Å². The van der Waals surface area contributed by atoms with Crippen LogP contribution >= 0.6 is 11.3 Å². The number of nitriles is 1. The van der Waals surface area contributed by atoms with Crippen molar-refractivity contribution in [3.05, 3.63) is 21.9 Å². The number of nitrogens with one attached hydrogen (secondary N) is 2. The van der Waals surface area contributed by atoms with E-state index in [1.165, 1.54) is 0 Å². The lowest BCUT2D eigenvalue weighted by molar-refractivity contribution is -0.139. The lowest BCUT2D eigenvalue weighted by Gasteiger charge is -2.11. The molecule has 0 aliphatic carbocycles. The van der Waals surface area contributed by atoms with Gasteiger partial charge in [-0.1, -0.05) is 0 Å². The zero-order valence-corrected chi connectivity index (χ0v) is 10.4. The van der Waals surface area contributed by atoms with Crippen molar-refractivity contribution >= 4 is 23.2 Å². The van der Waals surface area contributed by atoms with Crippen molar-refractivity contribution in [2.45, 2.75) is 19.9 Å². The van der Waals surface area contributed by atoms with Gasteiger partial charge in [0.15, 0.2) is 0 Å². The maximum absolute atomic E-state index is 11.4. The highest BCUT2D eigenvalue weighted by Gasteiger charge is 2.17. The molecule has 2 N–H and O–H groups in total. The second kappa shape index (κ2) is 6.01. The van der Waals surface area contributed by atoms with Crippen LogP contribution in [0.4, 0.5) is 0 Å². The van der Waals surface area contributed by atoms with Crippen molar-refractivity contribution in [2.75, 3.05) is 6.54 Å². The lowest BCUT2D eigenvalue weighted by Crippen LogP contribution is -2.40. The smallest absolute Gasteiger partial charge is 0.310 e. The molecule has 0 saturated carbocycles. The van der Waals surface area contributed by atoms with E-state index in [0.29, 0.717) is 0 Å². The first-order chi connectivity index (χ1) is 8.04. The number of hydrogen-bond donors (Lipinski definition) is 2. The summed E-state index contributed by atoms with van der Waals surface area (Å²) in [4.78, 5) is 24.8. The van der Waals surface area contributed by atoms with Gasteiger partial charge in [0.2, 0.25) is 0 Å². The number of carbonyl (C=O) groups is 2. The summed E-state index contributed by atoms with van der Waals surface area (Å²) in [5.74, 6) is -1.51. The summed E-state index contributed by atoms with van der Waals surface area (Å²) in [5, 5.41) is 13.0. The maximum atomic E-state index is 11.4. The molecule has 0 bridgehead atoms. The molecular formula is C11H13N3O2S. The third kappa shape index (κ3) is 3.89. The van der Waals surface area contributed by atoms with E-state index in [1.807, 2.05) is 19.1 Å². The minimum Gasteiger partial charge on any atom is -0.341 e. The summed E-state index contributed by atoms with van der Waals surface area (Å²) in [5.41, 5.74) is 0. The van der Waals surface area contributed by atoms with Gasteiger partial charge < -0.3 is 10.6 Å². The van der Waals surface area contributed by atoms with Crippen molar-refractivity contribution in [3.63, 3.8) is 0 Å². The molecule has 1 heterocycles. The SMILES string of the molecule is Cc1ccc(C(C)NC(=O)C(=O)NCC#N)s1. The summed E-state index contributed by atoms with van der Waals surface area (Å²) >= 11 is 1.57. The Labute approximate surface area is 103 Å². The van der Waals surface area contributed by atoms with E-state index in [4.69, 9.17) is 5.26 Å². The van der Waals surface area contributed by atoms with E-state index in [1.54, 1.807) is 24.3 Å². The molecule has 1 unspecified atom stereocenters. The van der Waals surface area contributed by atoms with Crippen LogP contribution in [-0.4, -0.2) is 18.4 Å². The van der Waals surface area contributed by atoms with Crippen molar-refractivity contribution in [1.82, 2.24) is 10.6 Å². The first kappa shape index (κ1) is 13.2. The number of amides is 2. The van der Waals surface area contributed by atoms with E-state index >= 15 is 0 Å². The molecule has 0 aromatic carbocycles. The van der Waals surface area contributed by atoms with Gasteiger partial charge in [-0.05, 0) is 26.0 Å². The summed E-state index contributed by atoms with van der Waals surface area (Å²) in [6.07, 6.45) is 0. The summed E-state index contributed by atoms with van der Waals surface area (Å²) in [6.45, 7) is 3.61. The van der Waals surface area contributed by atoms with Gasteiger partial charge in [0.1, 0.15) is 6.54 Å². The van der Waals surface area contributed by atoms with Gasteiger partial charge >= 0.3 is 11.8 Å². The van der Waals surface area contributed by atoms with Crippen LogP contribution in [0, 0.1) is 18.3 Å². The molecule has 2 amide bonds. The average Bonchev–Trinajstić information content (AvgIpc) is 2.72. The molecule has 0 radical (unpaired) electrons. The van der Waals surface area contributed by atoms with Gasteiger partial charge in [-0.2, -0.15) is 5.26 Å². The van der Waals surface area contributed by atoms with Crippen LogP contribution in [0.3, 0.4) is 0 Å². The quantitative estimate of drug-likeness (QED) is 0.618. The summed E-state index contributed by atoms with van der Waals surface area (Å²) in [6, 6.07) is 5.39. The van der Waals surface area contributed by atoms with E-state index in [0.717, 1.165) is 9.75 Å². The zero-order chi connectivity index (χ0) is 12.8. The Morgan fingerprint density at radius 2 is 2.18 bits per heavy atom. The number of rotatable bonds is 3. The van der Waals surface area contributed by atoms with Crippen molar-refractivity contribution in [3.8, 4) is 6.07 Å². The van der Waals surface area contributed by atoms with Gasteiger partial charge in [0.25, 0.3) is 0 Å². The van der Waals surface area contributed by atoms with Crippen LogP contribution in [0.2, 0.25) is 0 Å². The number of aryl methyl sites for hydroxylation is 1. The van der Waals surface area contributed by atoms with Crippen LogP contribution in [0.1, 0.15) is 22.7 Å². The highest BCUT2D eigenvalue weighted by atomic mass is 32.1. The van der Waals surface area contributed by atoms with Gasteiger partial charge in [-0.25, -0.2) is 0 Å². The molecule has 0 aliphatic rings. The minimum absolute atomic E-state index is 0.168. The van der Waals surface area contributed by atoms with Crippen LogP contribution in [0.5, 0.6) is 0 Å². The lowest BCUT2D eigenvalue weighted by atomic mass is 10.2. The third-order valence-electron chi connectivity index (χ3n) is 2.07. The molecule has 90 valence electrons. The molecule has 17 heavy (non-hydrogen) atoms. The molecule has 1 rings (SSSR count). The molecule has 1 aromatic heterocycles. The van der Waals surface area contributed by atoms with E-state index in [9.17, 15) is 9.59 Å². The molecule has 1 aromatic rings. The molecular weight excluding hydrogens is 238 g/mol. The van der Waals surface area contributed by atoms with E-state index in [2.05, 4.69) is 10.6 Å². The molecule has 0 saturated heterocycles. The second-order valence-electron chi connectivity index (χ2n) is 3.48. The molecule has 5 nitrogen and oxygen atoms in total. The zero-order valence-electron chi connectivity index (χ0n) is 9.61. The van der Waals surface area contributed by atoms with E-state index < -0.39 is 11.8 Å². The molecule has 6 heteroatoms. The van der Waals surface area contributed by atoms with Gasteiger partial charge in [-0.3, -0.25) is 9.59 Å². The van der Waals surface area contributed by atoms with Crippen LogP contribution in [-0.2, 0) is 9.59 Å². The Morgan fingerprint density at radius 1 is 1.47 bits per heavy atom. The molecule has 0 fully saturated rings. The Balaban J connectivity index is 2.51. The standard InChI is InChI=1S/C11H13N3O2S/c1-7-3-4-9(17-7)8(2)14-11(16)10(15)13-6-5-12/h3-4,8H,6H2,1-2H3,(H,13,15)(H,14,16). The predicted octanol–water partition coefficient (Wildman–Crippen LogP) is 0.873. The van der Waals surface area contributed by atoms with Crippen molar-refractivity contribution in [1.29, 1.82) is 5.26 Å². The summed E-state index contributed by atoms with van der Waals surface area (Å²) in [7, 11) is 0. The van der Waals surface area contributed by atoms with Crippen LogP contribution in [0.25, 0.3) is 0 Å². The van der Waals surface area contributed by atoms with E-state index in [-0.39, 0.29) is 12.6 Å². The number of thiophene rings is 1. The van der Waals surface area contributed by atoms with Gasteiger partial charge in [-0.15, -0.1) is 11.3 Å². The van der Waals surface area contributed by atoms with Crippen molar-refractivity contribution < 1.29 is 9.59 Å². The third-order valence-corrected chi connectivity index (χ3v) is 3.25. The molecule has 1 atom stereocenters. The molecule has 0 aliphatic heterocycles. The minimum atomic E-state index is -0.785. The fourth-order valence-corrected chi connectivity index (χ4v) is 2.10. The average molecular weight is 251 g/mol. The summed E-state index contributed by atoms with van der Waals surface area (Å²) < 4.78 is 0. The second-order valence-corrected chi connectivity index (χ2v) is 4.80. The Hall–Kier alpha value is -1.87. The number of hydrogen-bond acceptors (Lipinski definition) is 4. The Morgan fingerprint density at radius 3 is 2.71 bits per heavy atom. The largest absolute Gasteiger partial charge is 0.341 e. The first-order valence-corrected chi connectivity index (χ1v) is 5.88. The number of carbonyl (C=O) groups excluding carboxylic acids is 2. The Bertz CT molecular complexity index is 462. The normalized spacial score (nSPS) is 11.4. The fourth-order valence-electron chi connectivity index (χ4n) is 1.22. The maximum Gasteiger partial charge on any atom is 0.310 e. The number of nitrogens with zero attached hydrogens (tertiary/aromatic N) is 1.